The van der Waals surface area contributed by atoms with Crippen LogP contribution in [-0.2, 0) is 0 Å². The van der Waals surface area contributed by atoms with Gasteiger partial charge in [0, 0.05) is 0 Å². The maximum atomic E-state index is 11.9. The Bertz CT molecular complexity index is 142. The third kappa shape index (κ3) is 0.607. The number of H-pyrrole nitrogens is 1. The molecule has 0 aromatic carbocycles. The van der Waals surface area contributed by atoms with Crippen molar-refractivity contribution in [2.24, 2.45) is 0 Å². The van der Waals surface area contributed by atoms with Crippen LogP contribution in [0.3, 0.4) is 0 Å². The normalized spacial score (nSPS) is 9.43. The fourth-order valence-electron chi connectivity index (χ4n) is 0.294. The van der Waals surface area contributed by atoms with Crippen molar-refractivity contribution in [1.82, 2.24) is 10.2 Å². The summed E-state index contributed by atoms with van der Waals surface area (Å²) in [7, 11) is 0. The molecule has 0 unspecified atom stereocenters. The fourth-order valence-corrected chi connectivity index (χ4v) is 0.294. The topological polar surface area (TPSA) is 28.7 Å². The van der Waals surface area contributed by atoms with Crippen LogP contribution in [0.5, 0.6) is 0 Å². The lowest BCUT2D eigenvalue weighted by Gasteiger charge is -1.74. The number of hydrogen-bond acceptors (Lipinski definition) is 1. The Morgan fingerprint density at radius 1 is 1.86 bits per heavy atom. The van der Waals surface area contributed by atoms with E-state index >= 15 is 0 Å². The van der Waals surface area contributed by atoms with E-state index in [1.165, 1.54) is 0 Å². The summed E-state index contributed by atoms with van der Waals surface area (Å²) in [5, 5.41) is 5.68. The summed E-state index contributed by atoms with van der Waals surface area (Å²) in [6, 6.07) is 0. The molecule has 0 aliphatic heterocycles. The number of rotatable bonds is 0. The second-order valence-corrected chi connectivity index (χ2v) is 1.27. The summed E-state index contributed by atoms with van der Waals surface area (Å²) in [5.41, 5.74) is 0.431. The summed E-state index contributed by atoms with van der Waals surface area (Å²) in [6.07, 6.45) is 2.10. The third-order valence-corrected chi connectivity index (χ3v) is 0.707. The van der Waals surface area contributed by atoms with Crippen LogP contribution in [-0.4, -0.2) is 10.2 Å². The van der Waals surface area contributed by atoms with Crippen LogP contribution in [0.4, 0.5) is 4.39 Å². The summed E-state index contributed by atoms with van der Waals surface area (Å²) in [6.45, 7) is 1.60. The molecule has 3 heteroatoms. The first kappa shape index (κ1) is 4.30. The molecule has 0 fully saturated rings. The molecule has 1 rings (SSSR count). The van der Waals surface area contributed by atoms with Gasteiger partial charge >= 0.3 is 0 Å². The standard InChI is InChI=1S/C4H4FN2/c1-3-4(5)2-6-7-3/h1H3,(H,6,7). The minimum atomic E-state index is -0.403. The molecule has 1 N–H and O–H groups in total. The van der Waals surface area contributed by atoms with E-state index in [9.17, 15) is 4.39 Å². The minimum Gasteiger partial charge on any atom is -0.279 e. The van der Waals surface area contributed by atoms with Gasteiger partial charge in [0.15, 0.2) is 12.0 Å². The zero-order valence-electron chi connectivity index (χ0n) is 3.83. The van der Waals surface area contributed by atoms with Gasteiger partial charge in [-0.05, 0) is 6.92 Å². The molecule has 1 radical (unpaired) electrons. The number of aromatic amines is 1. The quantitative estimate of drug-likeness (QED) is 0.508. The van der Waals surface area contributed by atoms with Gasteiger partial charge in [-0.3, -0.25) is 5.10 Å². The van der Waals surface area contributed by atoms with E-state index in [4.69, 9.17) is 0 Å². The van der Waals surface area contributed by atoms with Crippen molar-refractivity contribution in [2.75, 3.05) is 0 Å². The number of nitrogens with zero attached hydrogens (tertiary/aromatic N) is 1. The molecule has 37 valence electrons. The van der Waals surface area contributed by atoms with Crippen molar-refractivity contribution in [1.29, 1.82) is 0 Å². The Morgan fingerprint density at radius 3 is 2.71 bits per heavy atom. The molecular weight excluding hydrogens is 95.1 g/mol. The highest BCUT2D eigenvalue weighted by molar-refractivity contribution is 4.95. The molecule has 7 heavy (non-hydrogen) atoms. The molecule has 0 aliphatic rings. The van der Waals surface area contributed by atoms with Crippen molar-refractivity contribution < 1.29 is 4.39 Å². The van der Waals surface area contributed by atoms with Gasteiger partial charge in [-0.25, -0.2) is 4.39 Å². The van der Waals surface area contributed by atoms with Gasteiger partial charge < -0.3 is 0 Å². The Labute approximate surface area is 40.4 Å². The Morgan fingerprint density at radius 2 is 2.57 bits per heavy atom. The van der Waals surface area contributed by atoms with Gasteiger partial charge in [0.1, 0.15) is 0 Å². The van der Waals surface area contributed by atoms with E-state index in [2.05, 4.69) is 16.4 Å². The molecule has 0 bridgehead atoms. The summed E-state index contributed by atoms with van der Waals surface area (Å²) in [4.78, 5) is 0. The second-order valence-electron chi connectivity index (χ2n) is 1.27. The van der Waals surface area contributed by atoms with Crippen LogP contribution in [0.1, 0.15) is 5.69 Å². The lowest BCUT2D eigenvalue weighted by molar-refractivity contribution is 0.617. The largest absolute Gasteiger partial charge is 0.279 e. The molecule has 0 atom stereocenters. The Hall–Kier alpha value is -0.860. The van der Waals surface area contributed by atoms with Crippen LogP contribution in [0, 0.1) is 18.9 Å². The molecule has 0 saturated heterocycles. The molecule has 0 aliphatic carbocycles. The van der Waals surface area contributed by atoms with E-state index in [-0.39, 0.29) is 0 Å². The molecule has 0 amide bonds. The zero-order valence-corrected chi connectivity index (χ0v) is 3.83. The van der Waals surface area contributed by atoms with Crippen LogP contribution in [0.15, 0.2) is 0 Å². The highest BCUT2D eigenvalue weighted by Crippen LogP contribution is 1.94. The summed E-state index contributed by atoms with van der Waals surface area (Å²) < 4.78 is 11.9. The summed E-state index contributed by atoms with van der Waals surface area (Å²) >= 11 is 0. The van der Waals surface area contributed by atoms with Crippen LogP contribution in [0.25, 0.3) is 0 Å². The number of halogens is 1. The SMILES string of the molecule is Cc1[nH]n[c]c1F. The fraction of sp³-hybridized carbons (Fsp3) is 0.250. The Balaban J connectivity index is 3.12. The highest BCUT2D eigenvalue weighted by Gasteiger charge is 1.93. The molecular formula is C4H4FN2. The molecule has 1 heterocycles. The number of aryl methyl sites for hydroxylation is 1. The smallest absolute Gasteiger partial charge is 0.173 e. The maximum Gasteiger partial charge on any atom is 0.173 e. The predicted molar refractivity (Wildman–Crippen MR) is 22.1 cm³/mol. The average Bonchev–Trinajstić information content (AvgIpc) is 1.91. The van der Waals surface area contributed by atoms with E-state index in [1.54, 1.807) is 6.92 Å². The van der Waals surface area contributed by atoms with Crippen molar-refractivity contribution in [3.8, 4) is 0 Å². The first-order valence-electron chi connectivity index (χ1n) is 1.89. The first-order valence-corrected chi connectivity index (χ1v) is 1.89. The Kier molecular flexibility index (Phi) is 0.817. The number of aromatic nitrogens is 2. The molecule has 2 nitrogen and oxygen atoms in total. The lowest BCUT2D eigenvalue weighted by atomic mass is 10.5. The van der Waals surface area contributed by atoms with Crippen molar-refractivity contribution in [2.45, 2.75) is 6.92 Å². The number of hydrogen-bond donors (Lipinski definition) is 1. The van der Waals surface area contributed by atoms with Crippen LogP contribution < -0.4 is 0 Å². The highest BCUT2D eigenvalue weighted by atomic mass is 19.1. The average molecular weight is 99.1 g/mol. The second kappa shape index (κ2) is 1.33. The van der Waals surface area contributed by atoms with Gasteiger partial charge in [0.05, 0.1) is 5.69 Å². The first-order chi connectivity index (χ1) is 3.30. The van der Waals surface area contributed by atoms with Gasteiger partial charge in [-0.15, -0.1) is 0 Å². The monoisotopic (exact) mass is 99.0 g/mol. The third-order valence-electron chi connectivity index (χ3n) is 0.707. The molecule has 1 aromatic heterocycles. The van der Waals surface area contributed by atoms with Crippen molar-refractivity contribution in [3.05, 3.63) is 17.7 Å². The van der Waals surface area contributed by atoms with E-state index in [0.717, 1.165) is 0 Å². The predicted octanol–water partition coefficient (Wildman–Crippen LogP) is 0.657. The van der Waals surface area contributed by atoms with E-state index in [0.29, 0.717) is 5.69 Å². The van der Waals surface area contributed by atoms with Crippen LogP contribution in [0.2, 0.25) is 0 Å². The van der Waals surface area contributed by atoms with Gasteiger partial charge in [0.25, 0.3) is 0 Å². The van der Waals surface area contributed by atoms with Gasteiger partial charge in [0.2, 0.25) is 0 Å². The maximum absolute atomic E-state index is 11.9. The molecule has 0 saturated carbocycles. The molecule has 1 aromatic rings. The number of nitrogens with one attached hydrogen (secondary N) is 1. The van der Waals surface area contributed by atoms with Gasteiger partial charge in [-0.1, -0.05) is 0 Å². The zero-order chi connectivity index (χ0) is 5.28. The van der Waals surface area contributed by atoms with Crippen LogP contribution >= 0.6 is 0 Å². The minimum absolute atomic E-state index is 0.403. The summed E-state index contributed by atoms with van der Waals surface area (Å²) in [5.74, 6) is -0.403. The van der Waals surface area contributed by atoms with Gasteiger partial charge in [-0.2, -0.15) is 5.10 Å². The van der Waals surface area contributed by atoms with E-state index in [1.807, 2.05) is 0 Å². The molecule has 0 spiro atoms. The van der Waals surface area contributed by atoms with E-state index < -0.39 is 5.82 Å². The van der Waals surface area contributed by atoms with Crippen molar-refractivity contribution >= 4 is 0 Å². The van der Waals surface area contributed by atoms with Crippen molar-refractivity contribution in [3.63, 3.8) is 0 Å². The lowest BCUT2D eigenvalue weighted by Crippen LogP contribution is -1.71.